The Labute approximate surface area is 74.6 Å². The minimum atomic E-state index is -1.70. The van der Waals surface area contributed by atoms with Crippen LogP contribution in [0, 0.1) is 0 Å². The second-order valence-corrected chi connectivity index (χ2v) is 3.46. The molecule has 0 saturated carbocycles. The number of ether oxygens (including phenoxy) is 1. The van der Waals surface area contributed by atoms with E-state index < -0.39 is 11.1 Å². The monoisotopic (exact) mass is 194 g/mol. The maximum atomic E-state index is 10.6. The van der Waals surface area contributed by atoms with Crippen LogP contribution in [0.25, 0.3) is 0 Å². The van der Waals surface area contributed by atoms with E-state index >= 15 is 0 Å². The molecule has 72 valence electrons. The highest BCUT2D eigenvalue weighted by Crippen LogP contribution is 2.01. The Kier molecular flexibility index (Phi) is 6.99. The zero-order valence-corrected chi connectivity index (χ0v) is 7.93. The van der Waals surface area contributed by atoms with Gasteiger partial charge in [0.05, 0.1) is 7.11 Å². The van der Waals surface area contributed by atoms with Gasteiger partial charge in [-0.15, -0.1) is 0 Å². The van der Waals surface area contributed by atoms with Crippen molar-refractivity contribution in [2.75, 3.05) is 12.9 Å². The van der Waals surface area contributed by atoms with Crippen LogP contribution in [0.1, 0.15) is 25.7 Å². The summed E-state index contributed by atoms with van der Waals surface area (Å²) < 4.78 is 23.0. The summed E-state index contributed by atoms with van der Waals surface area (Å²) in [6.45, 7) is 0. The number of rotatable bonds is 6. The van der Waals surface area contributed by atoms with Crippen LogP contribution in [0.3, 0.4) is 0 Å². The number of carbonyl (C=O) groups is 1. The number of methoxy groups -OCH3 is 1. The van der Waals surface area contributed by atoms with Crippen molar-refractivity contribution in [2.24, 2.45) is 0 Å². The van der Waals surface area contributed by atoms with Crippen LogP contribution in [0.15, 0.2) is 0 Å². The molecule has 0 aliphatic rings. The number of carbonyl (C=O) groups excluding carboxylic acids is 1. The van der Waals surface area contributed by atoms with E-state index in [0.29, 0.717) is 18.6 Å². The van der Waals surface area contributed by atoms with Gasteiger partial charge in [-0.3, -0.25) is 4.79 Å². The summed E-state index contributed by atoms with van der Waals surface area (Å²) in [5.41, 5.74) is 0. The summed E-state index contributed by atoms with van der Waals surface area (Å²) in [6, 6.07) is 0. The Morgan fingerprint density at radius 2 is 2.08 bits per heavy atom. The third-order valence-electron chi connectivity index (χ3n) is 1.43. The summed E-state index contributed by atoms with van der Waals surface area (Å²) in [6.07, 6.45) is 2.60. The van der Waals surface area contributed by atoms with E-state index in [1.54, 1.807) is 0 Å². The Bertz CT molecular complexity index is 157. The summed E-state index contributed by atoms with van der Waals surface area (Å²) in [5, 5.41) is 0. The van der Waals surface area contributed by atoms with E-state index in [1.807, 2.05) is 0 Å². The molecule has 12 heavy (non-hydrogen) atoms. The van der Waals surface area contributed by atoms with Crippen molar-refractivity contribution in [3.8, 4) is 0 Å². The topological polar surface area (TPSA) is 63.6 Å². The van der Waals surface area contributed by atoms with Gasteiger partial charge in [-0.25, -0.2) is 4.21 Å². The molecule has 1 unspecified atom stereocenters. The van der Waals surface area contributed by atoms with Crippen molar-refractivity contribution in [3.63, 3.8) is 0 Å². The van der Waals surface area contributed by atoms with Gasteiger partial charge in [0.1, 0.15) is 0 Å². The first kappa shape index (κ1) is 11.6. The standard InChI is InChI=1S/C7H14O4S/c1-11-7(8)5-3-2-4-6-12(9)10/h2-6H2,1H3,(H,9,10). The Morgan fingerprint density at radius 3 is 2.58 bits per heavy atom. The van der Waals surface area contributed by atoms with Crippen LogP contribution < -0.4 is 0 Å². The number of hydrogen-bond acceptors (Lipinski definition) is 3. The van der Waals surface area contributed by atoms with Gasteiger partial charge in [0.15, 0.2) is 11.1 Å². The van der Waals surface area contributed by atoms with Gasteiger partial charge in [0, 0.05) is 12.2 Å². The SMILES string of the molecule is COC(=O)CCCCCS(=O)O. The van der Waals surface area contributed by atoms with Gasteiger partial charge < -0.3 is 9.29 Å². The lowest BCUT2D eigenvalue weighted by Crippen LogP contribution is -2.00. The second kappa shape index (κ2) is 7.24. The average molecular weight is 194 g/mol. The maximum absolute atomic E-state index is 10.6. The van der Waals surface area contributed by atoms with Gasteiger partial charge in [0.25, 0.3) is 0 Å². The lowest BCUT2D eigenvalue weighted by molar-refractivity contribution is -0.140. The van der Waals surface area contributed by atoms with Crippen molar-refractivity contribution in [2.45, 2.75) is 25.7 Å². The molecule has 1 N–H and O–H groups in total. The normalized spacial score (nSPS) is 12.5. The number of hydrogen-bond donors (Lipinski definition) is 1. The third kappa shape index (κ3) is 7.68. The molecule has 0 amide bonds. The fourth-order valence-electron chi connectivity index (χ4n) is 0.774. The first-order chi connectivity index (χ1) is 5.66. The van der Waals surface area contributed by atoms with E-state index in [2.05, 4.69) is 4.74 Å². The van der Waals surface area contributed by atoms with Crippen molar-refractivity contribution in [3.05, 3.63) is 0 Å². The number of esters is 1. The Balaban J connectivity index is 3.11. The molecule has 0 aromatic rings. The van der Waals surface area contributed by atoms with Gasteiger partial charge >= 0.3 is 5.97 Å². The van der Waals surface area contributed by atoms with Crippen LogP contribution >= 0.6 is 0 Å². The molecule has 0 rings (SSSR count). The fraction of sp³-hybridized carbons (Fsp3) is 0.857. The summed E-state index contributed by atoms with van der Waals surface area (Å²) >= 11 is -1.70. The molecule has 1 atom stereocenters. The molecule has 0 fully saturated rings. The molecule has 0 aliphatic carbocycles. The fourth-order valence-corrected chi connectivity index (χ4v) is 1.22. The lowest BCUT2D eigenvalue weighted by Gasteiger charge is -1.98. The van der Waals surface area contributed by atoms with Gasteiger partial charge in [-0.1, -0.05) is 6.42 Å². The minimum absolute atomic E-state index is 0.222. The molecular weight excluding hydrogens is 180 g/mol. The Hall–Kier alpha value is -0.420. The van der Waals surface area contributed by atoms with E-state index in [0.717, 1.165) is 12.8 Å². The molecule has 0 bridgehead atoms. The predicted molar refractivity (Wildman–Crippen MR) is 46.1 cm³/mol. The van der Waals surface area contributed by atoms with Crippen molar-refractivity contribution in [1.82, 2.24) is 0 Å². The van der Waals surface area contributed by atoms with E-state index in [9.17, 15) is 9.00 Å². The molecule has 0 aliphatic heterocycles. The van der Waals surface area contributed by atoms with Crippen molar-refractivity contribution in [1.29, 1.82) is 0 Å². The maximum Gasteiger partial charge on any atom is 0.305 e. The van der Waals surface area contributed by atoms with Crippen LogP contribution in [-0.2, 0) is 20.6 Å². The molecule has 0 spiro atoms. The smallest absolute Gasteiger partial charge is 0.305 e. The van der Waals surface area contributed by atoms with Gasteiger partial charge in [-0.2, -0.15) is 0 Å². The molecule has 4 nitrogen and oxygen atoms in total. The van der Waals surface area contributed by atoms with Crippen LogP contribution in [0.5, 0.6) is 0 Å². The molecule has 0 aromatic carbocycles. The molecule has 5 heteroatoms. The first-order valence-electron chi connectivity index (χ1n) is 3.81. The summed E-state index contributed by atoms with van der Waals surface area (Å²) in [4.78, 5) is 10.6. The lowest BCUT2D eigenvalue weighted by atomic mass is 10.2. The zero-order chi connectivity index (χ0) is 9.40. The summed E-state index contributed by atoms with van der Waals surface area (Å²) in [7, 11) is 1.35. The summed E-state index contributed by atoms with van der Waals surface area (Å²) in [5.74, 6) is 0.0707. The van der Waals surface area contributed by atoms with Gasteiger partial charge in [-0.05, 0) is 12.8 Å². The van der Waals surface area contributed by atoms with E-state index in [-0.39, 0.29) is 5.97 Å². The Morgan fingerprint density at radius 1 is 1.42 bits per heavy atom. The van der Waals surface area contributed by atoms with Crippen LogP contribution in [-0.4, -0.2) is 27.6 Å². The van der Waals surface area contributed by atoms with Crippen molar-refractivity contribution >= 4 is 17.0 Å². The molecule has 0 heterocycles. The molecular formula is C7H14O4S. The van der Waals surface area contributed by atoms with Crippen molar-refractivity contribution < 1.29 is 18.3 Å². The second-order valence-electron chi connectivity index (χ2n) is 2.41. The number of unbranched alkanes of at least 4 members (excludes halogenated alkanes) is 2. The van der Waals surface area contributed by atoms with E-state index in [1.165, 1.54) is 7.11 Å². The largest absolute Gasteiger partial charge is 0.469 e. The highest BCUT2D eigenvalue weighted by Gasteiger charge is 1.99. The highest BCUT2D eigenvalue weighted by atomic mass is 32.2. The predicted octanol–water partition coefficient (Wildman–Crippen LogP) is 0.941. The highest BCUT2D eigenvalue weighted by molar-refractivity contribution is 7.79. The minimum Gasteiger partial charge on any atom is -0.469 e. The zero-order valence-electron chi connectivity index (χ0n) is 7.12. The third-order valence-corrected chi connectivity index (χ3v) is 2.07. The van der Waals surface area contributed by atoms with Gasteiger partial charge in [0.2, 0.25) is 0 Å². The van der Waals surface area contributed by atoms with Crippen LogP contribution in [0.2, 0.25) is 0 Å². The average Bonchev–Trinajstić information content (AvgIpc) is 2.03. The quantitative estimate of drug-likeness (QED) is 0.388. The molecule has 0 aromatic heterocycles. The van der Waals surface area contributed by atoms with Crippen LogP contribution in [0.4, 0.5) is 0 Å². The van der Waals surface area contributed by atoms with E-state index in [4.69, 9.17) is 4.55 Å². The first-order valence-corrected chi connectivity index (χ1v) is 5.08. The molecule has 0 saturated heterocycles. The molecule has 0 radical (unpaired) electrons.